The number of pyridine rings is 1. The lowest BCUT2D eigenvalue weighted by Crippen LogP contribution is -2.48. The second-order valence-electron chi connectivity index (χ2n) is 6.10. The van der Waals surface area contributed by atoms with Gasteiger partial charge in [-0.3, -0.25) is 0 Å². The molecule has 0 saturated carbocycles. The number of para-hydroxylation sites is 2. The van der Waals surface area contributed by atoms with E-state index in [9.17, 15) is 14.5 Å². The van der Waals surface area contributed by atoms with E-state index in [1.807, 2.05) is 0 Å². The molecule has 154 valence electrons. The summed E-state index contributed by atoms with van der Waals surface area (Å²) in [7, 11) is -4.33. The largest absolute Gasteiger partial charge is 0.589 e. The molecule has 0 bridgehead atoms. The number of fused-ring (bicyclic) bond motifs is 1. The zero-order valence-electron chi connectivity index (χ0n) is 15.5. The van der Waals surface area contributed by atoms with Crippen LogP contribution in [0.4, 0.5) is 10.6 Å². The van der Waals surface area contributed by atoms with E-state index in [1.165, 1.54) is 6.20 Å². The van der Waals surface area contributed by atoms with Crippen LogP contribution in [0.1, 0.15) is 0 Å². The van der Waals surface area contributed by atoms with Gasteiger partial charge in [0, 0.05) is 6.20 Å². The van der Waals surface area contributed by atoms with E-state index in [0.29, 0.717) is 0 Å². The minimum atomic E-state index is -4.33. The van der Waals surface area contributed by atoms with Crippen LogP contribution >= 0.6 is 7.82 Å². The molecule has 1 atom stereocenters. The Hall–Kier alpha value is -3.55. The van der Waals surface area contributed by atoms with Gasteiger partial charge >= 0.3 is 13.9 Å². The number of benzene rings is 2. The molecule has 4 rings (SSSR count). The standard InChI is InChI=1S/C20H17N2O7P/c23-20(24)22-18(14-26-17-12-7-13-21-19(17)22)29-30(25,27-15-8-3-1-4-9-15)28-16-10-5-2-6-11-16/h1-13,18H,14H2,(H,23,24). The molecule has 0 saturated heterocycles. The van der Waals surface area contributed by atoms with Crippen LogP contribution in [-0.2, 0) is 9.09 Å². The molecule has 3 aromatic rings. The molecule has 0 spiro atoms. The molecule has 2 aromatic carbocycles. The Balaban J connectivity index is 1.65. The predicted molar refractivity (Wildman–Crippen MR) is 107 cm³/mol. The Labute approximate surface area is 172 Å². The fraction of sp³-hybridized carbons (Fsp3) is 0.100. The maximum absolute atomic E-state index is 13.5. The monoisotopic (exact) mass is 428 g/mol. The van der Waals surface area contributed by atoms with Gasteiger partial charge in [0.05, 0.1) is 0 Å². The van der Waals surface area contributed by atoms with Crippen molar-refractivity contribution in [1.29, 1.82) is 0 Å². The number of aromatic nitrogens is 1. The number of anilines is 1. The molecule has 1 unspecified atom stereocenters. The Morgan fingerprint density at radius 2 is 1.60 bits per heavy atom. The third kappa shape index (κ3) is 4.37. The first-order valence-electron chi connectivity index (χ1n) is 8.92. The summed E-state index contributed by atoms with van der Waals surface area (Å²) in [5.74, 6) is 0.748. The molecule has 1 aliphatic heterocycles. The van der Waals surface area contributed by atoms with Gasteiger partial charge in [-0.1, -0.05) is 36.4 Å². The quantitative estimate of drug-likeness (QED) is 0.569. The second-order valence-corrected chi connectivity index (χ2v) is 7.58. The number of nitrogens with zero attached hydrogens (tertiary/aromatic N) is 2. The first-order chi connectivity index (χ1) is 14.5. The second kappa shape index (κ2) is 8.44. The first-order valence-corrected chi connectivity index (χ1v) is 10.4. The van der Waals surface area contributed by atoms with Crippen molar-refractivity contribution in [3.63, 3.8) is 0 Å². The zero-order valence-corrected chi connectivity index (χ0v) is 16.4. The number of carbonyl (C=O) groups is 1. The van der Waals surface area contributed by atoms with E-state index in [1.54, 1.807) is 72.8 Å². The topological polar surface area (TPSA) is 107 Å². The summed E-state index contributed by atoms with van der Waals surface area (Å²) in [5, 5.41) is 9.71. The van der Waals surface area contributed by atoms with E-state index >= 15 is 0 Å². The van der Waals surface area contributed by atoms with E-state index in [4.69, 9.17) is 18.3 Å². The Kier molecular flexibility index (Phi) is 5.56. The SMILES string of the molecule is O=C(O)N1c2ncccc2OCC1OP(=O)(Oc1ccccc1)Oc1ccccc1. The first kappa shape index (κ1) is 19.8. The van der Waals surface area contributed by atoms with Crippen LogP contribution in [-0.4, -0.2) is 29.0 Å². The van der Waals surface area contributed by atoms with Gasteiger partial charge in [0.25, 0.3) is 0 Å². The van der Waals surface area contributed by atoms with Crippen LogP contribution in [0.3, 0.4) is 0 Å². The molecular weight excluding hydrogens is 411 g/mol. The number of hydrogen-bond donors (Lipinski definition) is 1. The average molecular weight is 428 g/mol. The minimum Gasteiger partial charge on any atom is -0.485 e. The van der Waals surface area contributed by atoms with Crippen molar-refractivity contribution in [3.8, 4) is 17.2 Å². The number of rotatable bonds is 6. The molecule has 0 aliphatic carbocycles. The van der Waals surface area contributed by atoms with Crippen LogP contribution in [0, 0.1) is 0 Å². The normalized spacial score (nSPS) is 15.6. The third-order valence-corrected chi connectivity index (χ3v) is 5.40. The van der Waals surface area contributed by atoms with Crippen molar-refractivity contribution in [1.82, 2.24) is 4.98 Å². The summed E-state index contributed by atoms with van der Waals surface area (Å²) in [6.07, 6.45) is -1.25. The summed E-state index contributed by atoms with van der Waals surface area (Å²) < 4.78 is 35.8. The summed E-state index contributed by atoms with van der Waals surface area (Å²) in [6, 6.07) is 19.8. The van der Waals surface area contributed by atoms with E-state index < -0.39 is 20.1 Å². The summed E-state index contributed by atoms with van der Waals surface area (Å²) in [5.41, 5.74) is 0. The van der Waals surface area contributed by atoms with E-state index in [-0.39, 0.29) is 29.7 Å². The molecule has 0 radical (unpaired) electrons. The molecule has 1 amide bonds. The molecule has 10 heteroatoms. The van der Waals surface area contributed by atoms with Crippen molar-refractivity contribution in [2.45, 2.75) is 6.23 Å². The molecule has 1 aliphatic rings. The lowest BCUT2D eigenvalue weighted by molar-refractivity contribution is 0.0793. The highest BCUT2D eigenvalue weighted by Gasteiger charge is 2.42. The highest BCUT2D eigenvalue weighted by Crippen LogP contribution is 2.52. The van der Waals surface area contributed by atoms with Gasteiger partial charge in [-0.2, -0.15) is 0 Å². The van der Waals surface area contributed by atoms with Gasteiger partial charge in [0.15, 0.2) is 17.8 Å². The maximum Gasteiger partial charge on any atom is 0.589 e. The predicted octanol–water partition coefficient (Wildman–Crippen LogP) is 4.57. The Morgan fingerprint density at radius 3 is 2.17 bits per heavy atom. The molecule has 9 nitrogen and oxygen atoms in total. The van der Waals surface area contributed by atoms with Crippen molar-refractivity contribution in [2.24, 2.45) is 0 Å². The highest BCUT2D eigenvalue weighted by atomic mass is 31.2. The number of hydrogen-bond acceptors (Lipinski definition) is 7. The fourth-order valence-electron chi connectivity index (χ4n) is 2.77. The van der Waals surface area contributed by atoms with Gasteiger partial charge in [-0.15, -0.1) is 0 Å². The molecule has 1 N–H and O–H groups in total. The maximum atomic E-state index is 13.5. The average Bonchev–Trinajstić information content (AvgIpc) is 2.74. The van der Waals surface area contributed by atoms with Crippen LogP contribution in [0.25, 0.3) is 0 Å². The Bertz CT molecular complexity index is 1020. The van der Waals surface area contributed by atoms with Crippen molar-refractivity contribution < 1.29 is 32.8 Å². The van der Waals surface area contributed by atoms with E-state index in [2.05, 4.69) is 4.98 Å². The van der Waals surface area contributed by atoms with Gasteiger partial charge < -0.3 is 18.9 Å². The number of phosphoric acid groups is 1. The van der Waals surface area contributed by atoms with Gasteiger partial charge in [0.1, 0.15) is 18.1 Å². The molecule has 30 heavy (non-hydrogen) atoms. The fourth-order valence-corrected chi connectivity index (χ4v) is 4.11. The van der Waals surface area contributed by atoms with Crippen LogP contribution in [0.5, 0.6) is 17.2 Å². The summed E-state index contributed by atoms with van der Waals surface area (Å²) in [6.45, 7) is -0.231. The number of ether oxygens (including phenoxy) is 1. The minimum absolute atomic E-state index is 0.0206. The molecular formula is C20H17N2O7P. The highest BCUT2D eigenvalue weighted by molar-refractivity contribution is 7.49. The van der Waals surface area contributed by atoms with Crippen LogP contribution < -0.4 is 18.7 Å². The lowest BCUT2D eigenvalue weighted by Gasteiger charge is -2.34. The summed E-state index contributed by atoms with van der Waals surface area (Å²) in [4.78, 5) is 16.8. The van der Waals surface area contributed by atoms with Crippen molar-refractivity contribution in [3.05, 3.63) is 79.0 Å². The van der Waals surface area contributed by atoms with Crippen LogP contribution in [0.2, 0.25) is 0 Å². The summed E-state index contributed by atoms with van der Waals surface area (Å²) >= 11 is 0. The smallest absolute Gasteiger partial charge is 0.485 e. The lowest BCUT2D eigenvalue weighted by atomic mass is 10.3. The van der Waals surface area contributed by atoms with Gasteiger partial charge in [-0.25, -0.2) is 23.8 Å². The van der Waals surface area contributed by atoms with Gasteiger partial charge in [0.2, 0.25) is 0 Å². The molecule has 1 aromatic heterocycles. The molecule has 0 fully saturated rings. The number of amides is 1. The van der Waals surface area contributed by atoms with Crippen LogP contribution in [0.15, 0.2) is 79.0 Å². The zero-order chi connectivity index (χ0) is 21.0. The Morgan fingerprint density at radius 1 is 1.00 bits per heavy atom. The number of carboxylic acid groups (broad SMARTS) is 1. The van der Waals surface area contributed by atoms with Crippen molar-refractivity contribution >= 4 is 19.7 Å². The number of phosphoric ester groups is 1. The van der Waals surface area contributed by atoms with E-state index in [0.717, 1.165) is 4.90 Å². The third-order valence-electron chi connectivity index (χ3n) is 4.03. The molecule has 2 heterocycles. The van der Waals surface area contributed by atoms with Gasteiger partial charge in [-0.05, 0) is 36.4 Å². The van der Waals surface area contributed by atoms with Crippen molar-refractivity contribution in [2.75, 3.05) is 11.5 Å².